The van der Waals surface area contributed by atoms with Gasteiger partial charge in [0, 0.05) is 24.7 Å². The van der Waals surface area contributed by atoms with Gasteiger partial charge in [-0.1, -0.05) is 19.9 Å². The topological polar surface area (TPSA) is 34.4 Å². The van der Waals surface area contributed by atoms with Gasteiger partial charge in [-0.3, -0.25) is 4.79 Å². The van der Waals surface area contributed by atoms with Gasteiger partial charge in [0.2, 0.25) is 0 Å². The molecule has 0 saturated heterocycles. The summed E-state index contributed by atoms with van der Waals surface area (Å²) in [5.74, 6) is 0.425. The van der Waals surface area contributed by atoms with Crippen LogP contribution in [0.2, 0.25) is 0 Å². The number of hydrogen-bond donors (Lipinski definition) is 0. The molecule has 0 aromatic carbocycles. The molecule has 2 rings (SSSR count). The maximum atomic E-state index is 11.5. The molecule has 0 aliphatic carbocycles. The fraction of sp³-hybridized carbons (Fsp3) is 0.385. The fourth-order valence-corrected chi connectivity index (χ4v) is 1.65. The monoisotopic (exact) mass is 216 g/mol. The molecule has 0 aliphatic heterocycles. The quantitative estimate of drug-likeness (QED) is 0.787. The molecule has 2 aromatic rings. The summed E-state index contributed by atoms with van der Waals surface area (Å²) in [5.41, 5.74) is 1.93. The summed E-state index contributed by atoms with van der Waals surface area (Å²) in [6.07, 6.45) is 5.28. The first-order chi connectivity index (χ1) is 7.66. The minimum atomic E-state index is 0.122. The minimum absolute atomic E-state index is 0.122. The van der Waals surface area contributed by atoms with E-state index < -0.39 is 0 Å². The number of carbonyl (C=O) groups is 1. The first-order valence-corrected chi connectivity index (χ1v) is 5.62. The second kappa shape index (κ2) is 4.47. The summed E-state index contributed by atoms with van der Waals surface area (Å²) >= 11 is 0. The van der Waals surface area contributed by atoms with E-state index >= 15 is 0 Å². The molecule has 16 heavy (non-hydrogen) atoms. The molecule has 2 heterocycles. The lowest BCUT2D eigenvalue weighted by Crippen LogP contribution is -2.07. The Balaban J connectivity index is 2.07. The van der Waals surface area contributed by atoms with Crippen LogP contribution in [0, 0.1) is 5.92 Å². The van der Waals surface area contributed by atoms with Crippen LogP contribution in [-0.2, 0) is 11.2 Å². The molecule has 2 aromatic heterocycles. The van der Waals surface area contributed by atoms with Crippen molar-refractivity contribution < 1.29 is 4.79 Å². The van der Waals surface area contributed by atoms with E-state index in [0.717, 1.165) is 17.8 Å². The Bertz CT molecular complexity index is 466. The van der Waals surface area contributed by atoms with E-state index in [1.807, 2.05) is 48.8 Å². The lowest BCUT2D eigenvalue weighted by molar-refractivity contribution is -0.121. The third-order valence-corrected chi connectivity index (χ3v) is 2.69. The van der Waals surface area contributed by atoms with E-state index in [2.05, 4.69) is 4.98 Å². The van der Waals surface area contributed by atoms with E-state index in [0.29, 0.717) is 12.2 Å². The highest BCUT2D eigenvalue weighted by Gasteiger charge is 2.08. The van der Waals surface area contributed by atoms with E-state index in [9.17, 15) is 4.79 Å². The first kappa shape index (κ1) is 10.9. The molecule has 0 N–H and O–H groups in total. The van der Waals surface area contributed by atoms with Crippen molar-refractivity contribution in [2.45, 2.75) is 26.7 Å². The standard InChI is InChI=1S/C13H16N2O/c1-10(2)12(16)7-6-11-9-15-8-4-3-5-13(15)14-11/h3-5,8-10H,6-7H2,1-2H3. The smallest absolute Gasteiger partial charge is 0.136 e. The van der Waals surface area contributed by atoms with E-state index in [4.69, 9.17) is 0 Å². The molecule has 3 nitrogen and oxygen atoms in total. The molecule has 0 fully saturated rings. The summed E-state index contributed by atoms with van der Waals surface area (Å²) in [6.45, 7) is 3.87. The highest BCUT2D eigenvalue weighted by atomic mass is 16.1. The third kappa shape index (κ3) is 2.30. The molecule has 0 radical (unpaired) electrons. The van der Waals surface area contributed by atoms with Crippen LogP contribution >= 0.6 is 0 Å². The number of nitrogens with zero attached hydrogens (tertiary/aromatic N) is 2. The molecule has 0 atom stereocenters. The summed E-state index contributed by atoms with van der Waals surface area (Å²) in [7, 11) is 0. The van der Waals surface area contributed by atoms with Crippen LogP contribution in [0.1, 0.15) is 26.0 Å². The molecule has 0 spiro atoms. The van der Waals surface area contributed by atoms with Crippen molar-refractivity contribution in [2.75, 3.05) is 0 Å². The zero-order valence-corrected chi connectivity index (χ0v) is 9.68. The van der Waals surface area contributed by atoms with Crippen molar-refractivity contribution in [3.63, 3.8) is 0 Å². The second-order valence-electron chi connectivity index (χ2n) is 4.32. The van der Waals surface area contributed by atoms with Crippen LogP contribution in [0.3, 0.4) is 0 Å². The number of rotatable bonds is 4. The van der Waals surface area contributed by atoms with Crippen molar-refractivity contribution in [3.05, 3.63) is 36.3 Å². The maximum Gasteiger partial charge on any atom is 0.136 e. The second-order valence-corrected chi connectivity index (χ2v) is 4.32. The van der Waals surface area contributed by atoms with Crippen LogP contribution in [0.4, 0.5) is 0 Å². The summed E-state index contributed by atoms with van der Waals surface area (Å²) in [6, 6.07) is 5.90. The number of Topliss-reactive ketones (excluding diaryl/α,β-unsaturated/α-hetero) is 1. The first-order valence-electron chi connectivity index (χ1n) is 5.62. The average molecular weight is 216 g/mol. The molecule has 0 bridgehead atoms. The number of hydrogen-bond acceptors (Lipinski definition) is 2. The van der Waals surface area contributed by atoms with Crippen LogP contribution in [0.5, 0.6) is 0 Å². The lowest BCUT2D eigenvalue weighted by Gasteiger charge is -2.01. The largest absolute Gasteiger partial charge is 0.307 e. The average Bonchev–Trinajstić information content (AvgIpc) is 2.68. The Morgan fingerprint density at radius 3 is 2.94 bits per heavy atom. The van der Waals surface area contributed by atoms with Gasteiger partial charge in [0.1, 0.15) is 11.4 Å². The van der Waals surface area contributed by atoms with Crippen molar-refractivity contribution in [1.29, 1.82) is 0 Å². The normalized spacial score (nSPS) is 11.2. The van der Waals surface area contributed by atoms with Crippen LogP contribution in [-0.4, -0.2) is 15.2 Å². The van der Waals surface area contributed by atoms with E-state index in [1.165, 1.54) is 0 Å². The zero-order valence-electron chi connectivity index (χ0n) is 9.68. The Morgan fingerprint density at radius 2 is 2.25 bits per heavy atom. The number of carbonyl (C=O) groups excluding carboxylic acids is 1. The molecule has 3 heteroatoms. The summed E-state index contributed by atoms with van der Waals surface area (Å²) in [5, 5.41) is 0. The third-order valence-electron chi connectivity index (χ3n) is 2.69. The zero-order chi connectivity index (χ0) is 11.5. The van der Waals surface area contributed by atoms with Gasteiger partial charge < -0.3 is 4.40 Å². The van der Waals surface area contributed by atoms with Crippen molar-refractivity contribution in [1.82, 2.24) is 9.38 Å². The molecule has 0 aliphatic rings. The number of aromatic nitrogens is 2. The summed E-state index contributed by atoms with van der Waals surface area (Å²) < 4.78 is 1.98. The van der Waals surface area contributed by atoms with Gasteiger partial charge >= 0.3 is 0 Å². The summed E-state index contributed by atoms with van der Waals surface area (Å²) in [4.78, 5) is 16.0. The molecule has 0 amide bonds. The van der Waals surface area contributed by atoms with E-state index in [1.54, 1.807) is 0 Å². The highest BCUT2D eigenvalue weighted by molar-refractivity contribution is 5.80. The SMILES string of the molecule is CC(C)C(=O)CCc1cn2ccccc2n1. The molecule has 0 unspecified atom stereocenters. The van der Waals surface area contributed by atoms with Crippen molar-refractivity contribution in [2.24, 2.45) is 5.92 Å². The van der Waals surface area contributed by atoms with Gasteiger partial charge in [-0.15, -0.1) is 0 Å². The molecular formula is C13H16N2O. The fourth-order valence-electron chi connectivity index (χ4n) is 1.65. The van der Waals surface area contributed by atoms with Gasteiger partial charge in [-0.2, -0.15) is 0 Å². The Morgan fingerprint density at radius 1 is 1.44 bits per heavy atom. The van der Waals surface area contributed by atoms with Gasteiger partial charge in [0.25, 0.3) is 0 Å². The van der Waals surface area contributed by atoms with Gasteiger partial charge in [0.05, 0.1) is 5.69 Å². The number of imidazole rings is 1. The molecule has 0 saturated carbocycles. The molecular weight excluding hydrogens is 200 g/mol. The van der Waals surface area contributed by atoms with Crippen molar-refractivity contribution >= 4 is 11.4 Å². The highest BCUT2D eigenvalue weighted by Crippen LogP contribution is 2.08. The van der Waals surface area contributed by atoms with Gasteiger partial charge in [0.15, 0.2) is 0 Å². The number of ketones is 1. The minimum Gasteiger partial charge on any atom is -0.307 e. The van der Waals surface area contributed by atoms with E-state index in [-0.39, 0.29) is 5.92 Å². The Labute approximate surface area is 95.1 Å². The number of pyridine rings is 1. The lowest BCUT2D eigenvalue weighted by atomic mass is 10.0. The van der Waals surface area contributed by atoms with Gasteiger partial charge in [-0.25, -0.2) is 4.98 Å². The predicted octanol–water partition coefficient (Wildman–Crippen LogP) is 2.49. The van der Waals surface area contributed by atoms with Crippen molar-refractivity contribution in [3.8, 4) is 0 Å². The van der Waals surface area contributed by atoms with Gasteiger partial charge in [-0.05, 0) is 18.6 Å². The van der Waals surface area contributed by atoms with Crippen LogP contribution in [0.25, 0.3) is 5.65 Å². The number of aryl methyl sites for hydroxylation is 1. The molecule has 84 valence electrons. The van der Waals surface area contributed by atoms with Crippen LogP contribution in [0.15, 0.2) is 30.6 Å². The Kier molecular flexibility index (Phi) is 3.04. The predicted molar refractivity (Wildman–Crippen MR) is 63.4 cm³/mol. The Hall–Kier alpha value is -1.64. The van der Waals surface area contributed by atoms with Crippen LogP contribution < -0.4 is 0 Å². The maximum absolute atomic E-state index is 11.5. The number of fused-ring (bicyclic) bond motifs is 1.